The van der Waals surface area contributed by atoms with Crippen LogP contribution >= 0.6 is 0 Å². The van der Waals surface area contributed by atoms with Crippen molar-refractivity contribution in [1.82, 2.24) is 15.5 Å². The molecule has 2 N–H and O–H groups in total. The molecule has 110 valence electrons. The molecule has 0 saturated carbocycles. The second kappa shape index (κ2) is 7.48. The summed E-state index contributed by atoms with van der Waals surface area (Å²) in [4.78, 5) is 26.0. The first-order chi connectivity index (χ1) is 8.97. The van der Waals surface area contributed by atoms with Crippen LogP contribution in [0.3, 0.4) is 0 Å². The number of hydrogen-bond donors (Lipinski definition) is 2. The van der Waals surface area contributed by atoms with E-state index in [4.69, 9.17) is 0 Å². The summed E-state index contributed by atoms with van der Waals surface area (Å²) in [5, 5.41) is 6.08. The monoisotopic (exact) mass is 269 g/mol. The Morgan fingerprint density at radius 3 is 2.68 bits per heavy atom. The van der Waals surface area contributed by atoms with Crippen LogP contribution in [0, 0.1) is 5.92 Å². The number of rotatable bonds is 6. The van der Waals surface area contributed by atoms with Gasteiger partial charge in [0, 0.05) is 13.1 Å². The van der Waals surface area contributed by atoms with Crippen LogP contribution < -0.4 is 10.6 Å². The maximum Gasteiger partial charge on any atom is 0.242 e. The maximum atomic E-state index is 12.3. The van der Waals surface area contributed by atoms with Gasteiger partial charge in [-0.25, -0.2) is 0 Å². The number of amides is 2. The molecule has 0 aromatic carbocycles. The van der Waals surface area contributed by atoms with Crippen molar-refractivity contribution in [3.05, 3.63) is 0 Å². The molecule has 1 rings (SSSR count). The Balaban J connectivity index is 2.57. The van der Waals surface area contributed by atoms with Crippen LogP contribution in [-0.4, -0.2) is 48.4 Å². The first kappa shape index (κ1) is 16.0. The van der Waals surface area contributed by atoms with Crippen LogP contribution in [0.25, 0.3) is 0 Å². The number of likely N-dealkylation sites (tertiary alicyclic amines) is 1. The van der Waals surface area contributed by atoms with E-state index in [1.165, 1.54) is 0 Å². The normalized spacial score (nSPS) is 21.6. The molecule has 19 heavy (non-hydrogen) atoms. The van der Waals surface area contributed by atoms with Gasteiger partial charge in [0.2, 0.25) is 11.8 Å². The summed E-state index contributed by atoms with van der Waals surface area (Å²) in [6.07, 6.45) is 1.81. The van der Waals surface area contributed by atoms with Crippen molar-refractivity contribution in [2.24, 2.45) is 5.92 Å². The molecule has 0 bridgehead atoms. The lowest BCUT2D eigenvalue weighted by atomic mass is 10.0. The van der Waals surface area contributed by atoms with Gasteiger partial charge in [-0.1, -0.05) is 20.8 Å². The maximum absolute atomic E-state index is 12.3. The molecule has 0 aromatic heterocycles. The summed E-state index contributed by atoms with van der Waals surface area (Å²) in [6, 6.07) is -0.508. The van der Waals surface area contributed by atoms with E-state index in [1.54, 1.807) is 4.90 Å². The lowest BCUT2D eigenvalue weighted by molar-refractivity contribution is -0.143. The summed E-state index contributed by atoms with van der Waals surface area (Å²) in [5.74, 6) is 0.419. The van der Waals surface area contributed by atoms with Crippen molar-refractivity contribution in [2.75, 3.05) is 19.6 Å². The summed E-state index contributed by atoms with van der Waals surface area (Å²) in [5.41, 5.74) is 0. The number of nitrogens with zero attached hydrogens (tertiary/aromatic N) is 1. The van der Waals surface area contributed by atoms with Gasteiger partial charge < -0.3 is 15.5 Å². The minimum absolute atomic E-state index is 0.0558. The summed E-state index contributed by atoms with van der Waals surface area (Å²) < 4.78 is 0. The average molecular weight is 269 g/mol. The van der Waals surface area contributed by atoms with Crippen LogP contribution in [0.2, 0.25) is 0 Å². The van der Waals surface area contributed by atoms with Crippen molar-refractivity contribution in [3.63, 3.8) is 0 Å². The lowest BCUT2D eigenvalue weighted by Crippen LogP contribution is -2.57. The molecule has 0 aliphatic carbocycles. The zero-order valence-electron chi connectivity index (χ0n) is 12.5. The highest BCUT2D eigenvalue weighted by Gasteiger charge is 2.33. The predicted octanol–water partition coefficient (Wildman–Crippen LogP) is 0.748. The molecule has 1 aliphatic rings. The molecule has 2 amide bonds. The Hall–Kier alpha value is -1.10. The summed E-state index contributed by atoms with van der Waals surface area (Å²) in [7, 11) is 0. The lowest BCUT2D eigenvalue weighted by Gasteiger charge is -2.36. The fraction of sp³-hybridized carbons (Fsp3) is 0.857. The first-order valence-electron chi connectivity index (χ1n) is 7.29. The Morgan fingerprint density at radius 1 is 1.42 bits per heavy atom. The third-order valence-electron chi connectivity index (χ3n) is 3.46. The Labute approximate surface area is 116 Å². The van der Waals surface area contributed by atoms with Crippen molar-refractivity contribution >= 4 is 11.8 Å². The van der Waals surface area contributed by atoms with E-state index in [2.05, 4.69) is 24.5 Å². The highest BCUT2D eigenvalue weighted by atomic mass is 16.2. The minimum atomic E-state index is -0.382. The molecule has 5 nitrogen and oxygen atoms in total. The van der Waals surface area contributed by atoms with E-state index in [9.17, 15) is 9.59 Å². The summed E-state index contributed by atoms with van der Waals surface area (Å²) >= 11 is 0. The van der Waals surface area contributed by atoms with Gasteiger partial charge in [-0.15, -0.1) is 0 Å². The molecule has 1 fully saturated rings. The third-order valence-corrected chi connectivity index (χ3v) is 3.46. The van der Waals surface area contributed by atoms with Crippen LogP contribution in [-0.2, 0) is 9.59 Å². The van der Waals surface area contributed by atoms with Gasteiger partial charge in [-0.2, -0.15) is 0 Å². The zero-order valence-corrected chi connectivity index (χ0v) is 12.5. The van der Waals surface area contributed by atoms with Crippen LogP contribution in [0.1, 0.15) is 40.5 Å². The Morgan fingerprint density at radius 2 is 2.11 bits per heavy atom. The fourth-order valence-electron chi connectivity index (χ4n) is 2.31. The molecular formula is C14H27N3O2. The molecule has 1 aliphatic heterocycles. The number of likely N-dealkylation sites (N-methyl/N-ethyl adjacent to an activating group) is 1. The third kappa shape index (κ3) is 4.49. The number of carbonyl (C=O) groups excluding carboxylic acids is 2. The fourth-order valence-corrected chi connectivity index (χ4v) is 2.31. The number of piperidine rings is 1. The van der Waals surface area contributed by atoms with Crippen molar-refractivity contribution in [3.8, 4) is 0 Å². The highest BCUT2D eigenvalue weighted by molar-refractivity contribution is 5.90. The van der Waals surface area contributed by atoms with Crippen molar-refractivity contribution in [1.29, 1.82) is 0 Å². The van der Waals surface area contributed by atoms with Gasteiger partial charge in [0.1, 0.15) is 6.04 Å². The van der Waals surface area contributed by atoms with Gasteiger partial charge >= 0.3 is 0 Å². The van der Waals surface area contributed by atoms with E-state index in [-0.39, 0.29) is 23.9 Å². The Kier molecular flexibility index (Phi) is 6.28. The van der Waals surface area contributed by atoms with Gasteiger partial charge in [0.05, 0.1) is 6.04 Å². The Bertz CT molecular complexity index is 316. The molecule has 0 radical (unpaired) electrons. The van der Waals surface area contributed by atoms with Gasteiger partial charge in [-0.3, -0.25) is 9.59 Å². The predicted molar refractivity (Wildman–Crippen MR) is 75.7 cm³/mol. The van der Waals surface area contributed by atoms with Gasteiger partial charge in [0.25, 0.3) is 0 Å². The first-order valence-corrected chi connectivity index (χ1v) is 7.29. The molecule has 5 heteroatoms. The molecule has 0 aromatic rings. The van der Waals surface area contributed by atoms with E-state index >= 15 is 0 Å². The average Bonchev–Trinajstić information content (AvgIpc) is 2.38. The second-order valence-electron chi connectivity index (χ2n) is 5.60. The topological polar surface area (TPSA) is 61.4 Å². The molecule has 1 heterocycles. The second-order valence-corrected chi connectivity index (χ2v) is 5.60. The van der Waals surface area contributed by atoms with Gasteiger partial charge in [0.15, 0.2) is 0 Å². The highest BCUT2D eigenvalue weighted by Crippen LogP contribution is 2.15. The molecule has 2 unspecified atom stereocenters. The van der Waals surface area contributed by atoms with Gasteiger partial charge in [-0.05, 0) is 32.2 Å². The zero-order chi connectivity index (χ0) is 14.4. The van der Waals surface area contributed by atoms with Crippen LogP contribution in [0.4, 0.5) is 0 Å². The largest absolute Gasteiger partial charge is 0.354 e. The van der Waals surface area contributed by atoms with Crippen molar-refractivity contribution < 1.29 is 9.59 Å². The van der Waals surface area contributed by atoms with Crippen molar-refractivity contribution in [2.45, 2.75) is 52.6 Å². The number of nitrogens with one attached hydrogen (secondary N) is 2. The smallest absolute Gasteiger partial charge is 0.242 e. The number of carbonyl (C=O) groups is 2. The molecule has 1 saturated heterocycles. The molecular weight excluding hydrogens is 242 g/mol. The quantitative estimate of drug-likeness (QED) is 0.748. The summed E-state index contributed by atoms with van der Waals surface area (Å²) in [6.45, 7) is 10.0. The van der Waals surface area contributed by atoms with E-state index in [1.807, 2.05) is 13.8 Å². The minimum Gasteiger partial charge on any atom is -0.354 e. The molecule has 0 spiro atoms. The number of hydrogen-bond acceptors (Lipinski definition) is 3. The van der Waals surface area contributed by atoms with E-state index in [0.29, 0.717) is 19.0 Å². The van der Waals surface area contributed by atoms with E-state index in [0.717, 1.165) is 19.4 Å². The molecule has 2 atom stereocenters. The standard InChI is InChI=1S/C14H27N3O2/c1-5-15-12-7-6-8-17(14(12)19)11(4)13(18)16-9-10(2)3/h10-12,15H,5-9H2,1-4H3,(H,16,18). The van der Waals surface area contributed by atoms with Crippen LogP contribution in [0.5, 0.6) is 0 Å². The van der Waals surface area contributed by atoms with Crippen LogP contribution in [0.15, 0.2) is 0 Å². The SMILES string of the molecule is CCNC1CCCN(C(C)C(=O)NCC(C)C)C1=O. The van der Waals surface area contributed by atoms with E-state index < -0.39 is 0 Å².